The van der Waals surface area contributed by atoms with E-state index in [4.69, 9.17) is 23.2 Å². The largest absolute Gasteiger partial charge is 0.350 e. The number of halogens is 2. The highest BCUT2D eigenvalue weighted by molar-refractivity contribution is 7.90. The maximum atomic E-state index is 11.9. The maximum Gasteiger partial charge on any atom is 0.253 e. The lowest BCUT2D eigenvalue weighted by Crippen LogP contribution is -2.34. The molecule has 0 bridgehead atoms. The smallest absolute Gasteiger partial charge is 0.253 e. The van der Waals surface area contributed by atoms with Crippen LogP contribution in [0.1, 0.15) is 23.7 Å². The summed E-state index contributed by atoms with van der Waals surface area (Å²) in [6.07, 6.45) is 1.52. The summed E-state index contributed by atoms with van der Waals surface area (Å²) in [5.41, 5.74) is 0.317. The Balaban J connectivity index is 0.00000361. The lowest BCUT2D eigenvalue weighted by Gasteiger charge is -2.14. The number of carbonyl (C=O) groups is 1. The molecule has 4 nitrogen and oxygen atoms in total. The number of hydrogen-bond donors (Lipinski definition) is 1. The van der Waals surface area contributed by atoms with E-state index in [1.54, 1.807) is 13.0 Å². The Hall–Kier alpha value is -0.430. The van der Waals surface area contributed by atoms with Crippen molar-refractivity contribution in [1.29, 1.82) is 0 Å². The lowest BCUT2D eigenvalue weighted by atomic mass is 10.2. The molecular weight excluding hydrogens is 341 g/mol. The summed E-state index contributed by atoms with van der Waals surface area (Å²) in [5, 5.41) is 3.41. The molecule has 1 atom stereocenters. The van der Waals surface area contributed by atoms with Gasteiger partial charge < -0.3 is 5.32 Å². The molecule has 0 heterocycles. The van der Waals surface area contributed by atoms with E-state index in [2.05, 4.69) is 5.32 Å². The second-order valence-electron chi connectivity index (χ2n) is 4.42. The highest BCUT2D eigenvalue weighted by atomic mass is 35.5. The second-order valence-corrected chi connectivity index (χ2v) is 7.52. The van der Waals surface area contributed by atoms with Crippen LogP contribution in [0, 0.1) is 0 Å². The van der Waals surface area contributed by atoms with Crippen molar-refractivity contribution in [3.63, 3.8) is 0 Å². The molecule has 8 heteroatoms. The standard InChI is InChI=1S/C12H15Cl2NO3S.H2S/c1-8(5-6-19(2,17)18)15-12(16)10-4-3-9(13)7-11(10)14;/h3-4,7-8H,5-6H2,1-2H3,(H,15,16);1H2/t8-;/m0./s1. The van der Waals surface area contributed by atoms with Gasteiger partial charge in [0.1, 0.15) is 9.84 Å². The number of sulfone groups is 1. The van der Waals surface area contributed by atoms with Crippen LogP contribution in [-0.4, -0.2) is 32.4 Å². The van der Waals surface area contributed by atoms with Gasteiger partial charge in [-0.05, 0) is 31.5 Å². The van der Waals surface area contributed by atoms with Gasteiger partial charge in [-0.15, -0.1) is 0 Å². The fourth-order valence-electron chi connectivity index (χ4n) is 1.44. The Labute approximate surface area is 136 Å². The number of amides is 1. The third-order valence-electron chi connectivity index (χ3n) is 2.47. The molecule has 114 valence electrons. The average Bonchev–Trinajstić information content (AvgIpc) is 2.25. The summed E-state index contributed by atoms with van der Waals surface area (Å²) < 4.78 is 22.1. The number of nitrogens with one attached hydrogen (secondary N) is 1. The number of hydrogen-bond acceptors (Lipinski definition) is 3. The molecule has 1 amide bonds. The highest BCUT2D eigenvalue weighted by Crippen LogP contribution is 2.20. The van der Waals surface area contributed by atoms with Crippen LogP contribution >= 0.6 is 36.7 Å². The van der Waals surface area contributed by atoms with Crippen molar-refractivity contribution in [3.8, 4) is 0 Å². The van der Waals surface area contributed by atoms with Gasteiger partial charge >= 0.3 is 0 Å². The van der Waals surface area contributed by atoms with Crippen LogP contribution < -0.4 is 5.32 Å². The monoisotopic (exact) mass is 357 g/mol. The number of rotatable bonds is 5. The Bertz CT molecular complexity index is 576. The number of carbonyl (C=O) groups excluding carboxylic acids is 1. The average molecular weight is 358 g/mol. The zero-order valence-electron chi connectivity index (χ0n) is 11.1. The van der Waals surface area contributed by atoms with Gasteiger partial charge in [0.15, 0.2) is 0 Å². The van der Waals surface area contributed by atoms with Gasteiger partial charge in [0, 0.05) is 17.3 Å². The SMILES string of the molecule is C[C@@H](CCS(C)(=O)=O)NC(=O)c1ccc(Cl)cc1Cl.S. The van der Waals surface area contributed by atoms with Crippen molar-refractivity contribution in [2.75, 3.05) is 12.0 Å². The zero-order chi connectivity index (χ0) is 14.6. The topological polar surface area (TPSA) is 63.2 Å². The minimum atomic E-state index is -3.03. The molecule has 1 N–H and O–H groups in total. The summed E-state index contributed by atoms with van der Waals surface area (Å²) in [4.78, 5) is 11.9. The molecule has 1 aromatic carbocycles. The van der Waals surface area contributed by atoms with Crippen molar-refractivity contribution in [2.24, 2.45) is 0 Å². The summed E-state index contributed by atoms with van der Waals surface area (Å²) in [7, 11) is -3.03. The van der Waals surface area contributed by atoms with Crippen LogP contribution in [0.25, 0.3) is 0 Å². The molecular formula is C12H17Cl2NO3S2. The number of benzene rings is 1. The van der Waals surface area contributed by atoms with Crippen LogP contribution in [0.2, 0.25) is 10.0 Å². The van der Waals surface area contributed by atoms with Crippen LogP contribution in [0.5, 0.6) is 0 Å². The molecule has 1 aromatic rings. The molecule has 1 rings (SSSR count). The summed E-state index contributed by atoms with van der Waals surface area (Å²) >= 11 is 11.7. The molecule has 0 saturated carbocycles. The Kier molecular flexibility index (Phi) is 7.95. The molecule has 0 unspecified atom stereocenters. The van der Waals surface area contributed by atoms with E-state index in [0.717, 1.165) is 6.26 Å². The fourth-order valence-corrected chi connectivity index (χ4v) is 2.71. The maximum absolute atomic E-state index is 11.9. The summed E-state index contributed by atoms with van der Waals surface area (Å²) in [6, 6.07) is 4.33. The van der Waals surface area contributed by atoms with Crippen molar-refractivity contribution >= 4 is 52.4 Å². The van der Waals surface area contributed by atoms with E-state index in [9.17, 15) is 13.2 Å². The molecule has 0 aliphatic rings. The Morgan fingerprint density at radius 1 is 1.35 bits per heavy atom. The first kappa shape index (κ1) is 19.6. The van der Waals surface area contributed by atoms with Gasteiger partial charge in [0.05, 0.1) is 16.3 Å². The van der Waals surface area contributed by atoms with Gasteiger partial charge in [0.25, 0.3) is 5.91 Å². The molecule has 0 aliphatic carbocycles. The first-order valence-corrected chi connectivity index (χ1v) is 8.44. The zero-order valence-corrected chi connectivity index (χ0v) is 14.4. The molecule has 0 saturated heterocycles. The van der Waals surface area contributed by atoms with Crippen molar-refractivity contribution in [3.05, 3.63) is 33.8 Å². The lowest BCUT2D eigenvalue weighted by molar-refractivity contribution is 0.0939. The van der Waals surface area contributed by atoms with Crippen molar-refractivity contribution in [1.82, 2.24) is 5.32 Å². The highest BCUT2D eigenvalue weighted by Gasteiger charge is 2.14. The molecule has 0 aliphatic heterocycles. The normalized spacial score (nSPS) is 12.4. The summed E-state index contributed by atoms with van der Waals surface area (Å²) in [5.74, 6) is -0.314. The predicted octanol–water partition coefficient (Wildman–Crippen LogP) is 2.66. The van der Waals surface area contributed by atoms with Crippen molar-refractivity contribution in [2.45, 2.75) is 19.4 Å². The second kappa shape index (κ2) is 8.12. The van der Waals surface area contributed by atoms with Gasteiger partial charge in [-0.3, -0.25) is 4.79 Å². The molecule has 0 spiro atoms. The third-order valence-corrected chi connectivity index (χ3v) is 4.00. The quantitative estimate of drug-likeness (QED) is 0.880. The van der Waals surface area contributed by atoms with E-state index in [1.807, 2.05) is 0 Å². The summed E-state index contributed by atoms with van der Waals surface area (Å²) in [6.45, 7) is 1.74. The van der Waals surface area contributed by atoms with E-state index in [0.29, 0.717) is 17.0 Å². The van der Waals surface area contributed by atoms with E-state index in [1.165, 1.54) is 12.1 Å². The van der Waals surface area contributed by atoms with E-state index < -0.39 is 9.84 Å². The fraction of sp³-hybridized carbons (Fsp3) is 0.417. The van der Waals surface area contributed by atoms with E-state index in [-0.39, 0.29) is 36.2 Å². The van der Waals surface area contributed by atoms with Crippen molar-refractivity contribution < 1.29 is 13.2 Å². The van der Waals surface area contributed by atoms with Crippen LogP contribution in [0.15, 0.2) is 18.2 Å². The minimum absolute atomic E-state index is 0. The van der Waals surface area contributed by atoms with Crippen LogP contribution in [-0.2, 0) is 9.84 Å². The third kappa shape index (κ3) is 6.83. The van der Waals surface area contributed by atoms with Crippen LogP contribution in [0.3, 0.4) is 0 Å². The molecule has 0 radical (unpaired) electrons. The minimum Gasteiger partial charge on any atom is -0.350 e. The molecule has 20 heavy (non-hydrogen) atoms. The molecule has 0 fully saturated rings. The predicted molar refractivity (Wildman–Crippen MR) is 88.1 cm³/mol. The first-order chi connectivity index (χ1) is 8.69. The Morgan fingerprint density at radius 2 is 1.95 bits per heavy atom. The van der Waals surface area contributed by atoms with Gasteiger partial charge in [-0.1, -0.05) is 23.2 Å². The van der Waals surface area contributed by atoms with Gasteiger partial charge in [0.2, 0.25) is 0 Å². The first-order valence-electron chi connectivity index (χ1n) is 5.62. The van der Waals surface area contributed by atoms with Gasteiger partial charge in [-0.25, -0.2) is 8.42 Å². The van der Waals surface area contributed by atoms with E-state index >= 15 is 0 Å². The Morgan fingerprint density at radius 3 is 2.45 bits per heavy atom. The molecule has 0 aromatic heterocycles. The van der Waals surface area contributed by atoms with Gasteiger partial charge in [-0.2, -0.15) is 13.5 Å². The van der Waals surface area contributed by atoms with Crippen LogP contribution in [0.4, 0.5) is 0 Å².